The minimum atomic E-state index is -3.45. The van der Waals surface area contributed by atoms with E-state index in [-0.39, 0.29) is 27.7 Å². The van der Waals surface area contributed by atoms with Crippen LogP contribution < -0.4 is 4.74 Å². The highest BCUT2D eigenvalue weighted by molar-refractivity contribution is 7.90. The van der Waals surface area contributed by atoms with Gasteiger partial charge in [-0.3, -0.25) is 0 Å². The van der Waals surface area contributed by atoms with E-state index in [9.17, 15) is 18.3 Å². The molecule has 112 valence electrons. The van der Waals surface area contributed by atoms with E-state index in [2.05, 4.69) is 0 Å². The third-order valence-electron chi connectivity index (χ3n) is 3.13. The van der Waals surface area contributed by atoms with E-state index in [0.29, 0.717) is 0 Å². The minimum absolute atomic E-state index is 0.0364. The number of carbonyl (C=O) groups is 1. The largest absolute Gasteiger partial charge is 0.489 e. The normalized spacial score (nSPS) is 13.8. The zero-order valence-electron chi connectivity index (χ0n) is 12.3. The Hall–Kier alpha value is -1.56. The number of benzene rings is 1. The van der Waals surface area contributed by atoms with Crippen LogP contribution in [0.5, 0.6) is 5.75 Å². The molecule has 0 heterocycles. The molecule has 1 aromatic carbocycles. The molecule has 0 amide bonds. The summed E-state index contributed by atoms with van der Waals surface area (Å²) in [5.74, 6) is -1.04. The SMILES string of the molecule is C[C@H](Oc1ccc(S(C)(=O)=O)cc1C(=O)O)C(C)(C)C. The van der Waals surface area contributed by atoms with Gasteiger partial charge in [0.1, 0.15) is 17.4 Å². The first kappa shape index (κ1) is 16.5. The predicted octanol–water partition coefficient (Wildman–Crippen LogP) is 2.60. The number of carboxylic acids is 1. The Morgan fingerprint density at radius 2 is 1.85 bits per heavy atom. The molecule has 0 bridgehead atoms. The fourth-order valence-electron chi connectivity index (χ4n) is 1.38. The summed E-state index contributed by atoms with van der Waals surface area (Å²) in [6.07, 6.45) is 0.816. The van der Waals surface area contributed by atoms with Gasteiger partial charge in [-0.15, -0.1) is 0 Å². The summed E-state index contributed by atoms with van der Waals surface area (Å²) in [7, 11) is -3.45. The van der Waals surface area contributed by atoms with Gasteiger partial charge in [0.15, 0.2) is 9.84 Å². The molecule has 0 aliphatic rings. The third kappa shape index (κ3) is 3.96. The summed E-state index contributed by atoms with van der Waals surface area (Å²) in [5, 5.41) is 9.20. The smallest absolute Gasteiger partial charge is 0.339 e. The molecule has 0 saturated carbocycles. The number of aromatic carboxylic acids is 1. The number of sulfone groups is 1. The maximum atomic E-state index is 11.5. The lowest BCUT2D eigenvalue weighted by atomic mass is 9.90. The standard InChI is InChI=1S/C14H20O5S/c1-9(14(2,3)4)19-12-7-6-10(20(5,17)18)8-11(12)13(15)16/h6-9H,1-5H3,(H,15,16)/t9-/m0/s1. The van der Waals surface area contributed by atoms with Crippen LogP contribution in [0.3, 0.4) is 0 Å². The summed E-state index contributed by atoms with van der Waals surface area (Å²) < 4.78 is 28.6. The van der Waals surface area contributed by atoms with Gasteiger partial charge in [-0.1, -0.05) is 20.8 Å². The van der Waals surface area contributed by atoms with Gasteiger partial charge in [0, 0.05) is 6.26 Å². The first-order valence-electron chi connectivity index (χ1n) is 6.17. The fourth-order valence-corrected chi connectivity index (χ4v) is 2.02. The molecule has 20 heavy (non-hydrogen) atoms. The summed E-state index contributed by atoms with van der Waals surface area (Å²) in [4.78, 5) is 11.2. The summed E-state index contributed by atoms with van der Waals surface area (Å²) in [6, 6.07) is 3.87. The van der Waals surface area contributed by atoms with Crippen molar-refractivity contribution in [2.75, 3.05) is 6.26 Å². The van der Waals surface area contributed by atoms with Gasteiger partial charge in [-0.2, -0.15) is 0 Å². The highest BCUT2D eigenvalue weighted by atomic mass is 32.2. The van der Waals surface area contributed by atoms with Crippen molar-refractivity contribution in [2.45, 2.75) is 38.7 Å². The van der Waals surface area contributed by atoms with Crippen molar-refractivity contribution >= 4 is 15.8 Å². The van der Waals surface area contributed by atoms with Gasteiger partial charge in [0.05, 0.1) is 4.90 Å². The molecule has 0 aromatic heterocycles. The van der Waals surface area contributed by atoms with E-state index in [4.69, 9.17) is 4.74 Å². The van der Waals surface area contributed by atoms with Crippen molar-refractivity contribution in [3.63, 3.8) is 0 Å². The van der Waals surface area contributed by atoms with E-state index in [1.807, 2.05) is 27.7 Å². The van der Waals surface area contributed by atoms with E-state index >= 15 is 0 Å². The number of ether oxygens (including phenoxy) is 1. The number of hydrogen-bond donors (Lipinski definition) is 1. The Kier molecular flexibility index (Phi) is 4.49. The molecule has 0 spiro atoms. The zero-order valence-corrected chi connectivity index (χ0v) is 13.1. The maximum Gasteiger partial charge on any atom is 0.339 e. The molecule has 1 N–H and O–H groups in total. The average molecular weight is 300 g/mol. The average Bonchev–Trinajstić information content (AvgIpc) is 2.26. The molecule has 0 saturated heterocycles. The molecule has 0 aliphatic carbocycles. The molecule has 0 fully saturated rings. The van der Waals surface area contributed by atoms with E-state index in [1.165, 1.54) is 12.1 Å². The molecular weight excluding hydrogens is 280 g/mol. The molecule has 1 atom stereocenters. The second-order valence-corrected chi connectivity index (χ2v) is 7.88. The van der Waals surface area contributed by atoms with Gasteiger partial charge in [-0.25, -0.2) is 13.2 Å². The molecule has 0 unspecified atom stereocenters. The van der Waals surface area contributed by atoms with Crippen molar-refractivity contribution < 1.29 is 23.1 Å². The van der Waals surface area contributed by atoms with Crippen LogP contribution in [0, 0.1) is 5.41 Å². The Morgan fingerprint density at radius 3 is 2.25 bits per heavy atom. The molecular formula is C14H20O5S. The van der Waals surface area contributed by atoms with E-state index in [1.54, 1.807) is 0 Å². The van der Waals surface area contributed by atoms with Crippen molar-refractivity contribution in [3.8, 4) is 5.75 Å². The van der Waals surface area contributed by atoms with Gasteiger partial charge in [0.25, 0.3) is 0 Å². The van der Waals surface area contributed by atoms with Crippen LogP contribution in [0.15, 0.2) is 23.1 Å². The fraction of sp³-hybridized carbons (Fsp3) is 0.500. The number of rotatable bonds is 4. The van der Waals surface area contributed by atoms with Gasteiger partial charge in [0.2, 0.25) is 0 Å². The summed E-state index contributed by atoms with van der Waals surface area (Å²) in [5.41, 5.74) is -0.310. The number of carboxylic acid groups (broad SMARTS) is 1. The summed E-state index contributed by atoms with van der Waals surface area (Å²) >= 11 is 0. The molecule has 1 aromatic rings. The maximum absolute atomic E-state index is 11.5. The molecule has 1 rings (SSSR count). The van der Waals surface area contributed by atoms with Crippen LogP contribution in [0.1, 0.15) is 38.1 Å². The lowest BCUT2D eigenvalue weighted by Gasteiger charge is -2.28. The zero-order chi connectivity index (χ0) is 15.7. The van der Waals surface area contributed by atoms with Crippen molar-refractivity contribution in [1.82, 2.24) is 0 Å². The first-order valence-corrected chi connectivity index (χ1v) is 8.06. The second-order valence-electron chi connectivity index (χ2n) is 5.86. The quantitative estimate of drug-likeness (QED) is 0.924. The predicted molar refractivity (Wildman–Crippen MR) is 76.1 cm³/mol. The first-order chi connectivity index (χ1) is 8.93. The minimum Gasteiger partial charge on any atom is -0.489 e. The Morgan fingerprint density at radius 1 is 1.30 bits per heavy atom. The number of hydrogen-bond acceptors (Lipinski definition) is 4. The lowest BCUT2D eigenvalue weighted by molar-refractivity contribution is 0.0672. The van der Waals surface area contributed by atoms with Crippen LogP contribution in [-0.4, -0.2) is 31.9 Å². The summed E-state index contributed by atoms with van der Waals surface area (Å²) in [6.45, 7) is 7.77. The molecule has 0 aliphatic heterocycles. The van der Waals surface area contributed by atoms with Crippen molar-refractivity contribution in [1.29, 1.82) is 0 Å². The van der Waals surface area contributed by atoms with Crippen LogP contribution in [0.2, 0.25) is 0 Å². The molecule has 6 heteroatoms. The van der Waals surface area contributed by atoms with Crippen LogP contribution >= 0.6 is 0 Å². The van der Waals surface area contributed by atoms with Crippen LogP contribution in [0.25, 0.3) is 0 Å². The molecule has 5 nitrogen and oxygen atoms in total. The Balaban J connectivity index is 3.25. The van der Waals surface area contributed by atoms with Crippen molar-refractivity contribution in [3.05, 3.63) is 23.8 Å². The second kappa shape index (κ2) is 5.44. The van der Waals surface area contributed by atoms with Gasteiger partial charge in [-0.05, 0) is 30.5 Å². The van der Waals surface area contributed by atoms with Crippen molar-refractivity contribution in [2.24, 2.45) is 5.41 Å². The lowest BCUT2D eigenvalue weighted by Crippen LogP contribution is -2.29. The topological polar surface area (TPSA) is 80.7 Å². The third-order valence-corrected chi connectivity index (χ3v) is 4.24. The van der Waals surface area contributed by atoms with E-state index < -0.39 is 15.8 Å². The highest BCUT2D eigenvalue weighted by Crippen LogP contribution is 2.28. The monoisotopic (exact) mass is 300 g/mol. The van der Waals surface area contributed by atoms with E-state index in [0.717, 1.165) is 12.3 Å². The molecule has 0 radical (unpaired) electrons. The Bertz CT molecular complexity index is 611. The van der Waals surface area contributed by atoms with Crippen LogP contribution in [-0.2, 0) is 9.84 Å². The van der Waals surface area contributed by atoms with Crippen LogP contribution in [0.4, 0.5) is 0 Å². The van der Waals surface area contributed by atoms with Gasteiger partial charge >= 0.3 is 5.97 Å². The Labute approximate surface area is 119 Å². The van der Waals surface area contributed by atoms with Gasteiger partial charge < -0.3 is 9.84 Å². The highest BCUT2D eigenvalue weighted by Gasteiger charge is 2.24.